The van der Waals surface area contributed by atoms with Crippen LogP contribution in [0, 0.1) is 0 Å². The van der Waals surface area contributed by atoms with Gasteiger partial charge in [0.25, 0.3) is 0 Å². The van der Waals surface area contributed by atoms with Crippen molar-refractivity contribution in [1.29, 1.82) is 0 Å². The van der Waals surface area contributed by atoms with Crippen LogP contribution in [0.5, 0.6) is 0 Å². The minimum absolute atomic E-state index is 0.448. The van der Waals surface area contributed by atoms with E-state index >= 15 is 0 Å². The molecule has 0 spiro atoms. The zero-order chi connectivity index (χ0) is 9.84. The number of amides is 2. The van der Waals surface area contributed by atoms with Gasteiger partial charge in [-0.15, -0.1) is 0 Å². The van der Waals surface area contributed by atoms with Crippen LogP contribution in [0.25, 0.3) is 0 Å². The molecule has 1 aromatic rings. The highest BCUT2D eigenvalue weighted by Gasteiger charge is 2.07. The van der Waals surface area contributed by atoms with Crippen LogP contribution in [-0.2, 0) is 9.59 Å². The number of hydrogen-bond acceptors (Lipinski definition) is 3. The average molecular weight is 179 g/mol. The number of carbonyl (C=O) groups excluding carboxylic acids is 2. The van der Waals surface area contributed by atoms with Crippen molar-refractivity contribution in [3.63, 3.8) is 0 Å². The topological polar surface area (TPSA) is 98.2 Å². The highest BCUT2D eigenvalue weighted by molar-refractivity contribution is 6.39. The van der Waals surface area contributed by atoms with Crippen LogP contribution in [0.4, 0.5) is 11.4 Å². The molecule has 0 atom stereocenters. The Kier molecular flexibility index (Phi) is 2.49. The second-order valence-corrected chi connectivity index (χ2v) is 2.44. The van der Waals surface area contributed by atoms with Crippen molar-refractivity contribution in [3.8, 4) is 0 Å². The van der Waals surface area contributed by atoms with E-state index in [4.69, 9.17) is 11.5 Å². The number of hydrogen-bond donors (Lipinski definition) is 3. The van der Waals surface area contributed by atoms with Gasteiger partial charge in [-0.3, -0.25) is 9.59 Å². The Bertz CT molecular complexity index is 349. The molecule has 13 heavy (non-hydrogen) atoms. The third-order valence-electron chi connectivity index (χ3n) is 1.37. The zero-order valence-corrected chi connectivity index (χ0v) is 6.78. The molecule has 0 heterocycles. The molecule has 0 aliphatic carbocycles. The van der Waals surface area contributed by atoms with Crippen molar-refractivity contribution in [2.75, 3.05) is 11.1 Å². The summed E-state index contributed by atoms with van der Waals surface area (Å²) in [7, 11) is 0. The van der Waals surface area contributed by atoms with Gasteiger partial charge < -0.3 is 16.8 Å². The molecule has 5 N–H and O–H groups in total. The third kappa shape index (κ3) is 2.48. The highest BCUT2D eigenvalue weighted by atomic mass is 16.2. The summed E-state index contributed by atoms with van der Waals surface area (Å²) in [6, 6.07) is 6.46. The molecular weight excluding hydrogens is 170 g/mol. The molecule has 0 aromatic heterocycles. The van der Waals surface area contributed by atoms with Crippen molar-refractivity contribution in [2.24, 2.45) is 5.73 Å². The van der Waals surface area contributed by atoms with Gasteiger partial charge in [0.05, 0.1) is 0 Å². The van der Waals surface area contributed by atoms with Gasteiger partial charge in [-0.05, 0) is 18.2 Å². The van der Waals surface area contributed by atoms with E-state index < -0.39 is 11.8 Å². The highest BCUT2D eigenvalue weighted by Crippen LogP contribution is 2.11. The normalized spacial score (nSPS) is 9.23. The van der Waals surface area contributed by atoms with Crippen LogP contribution >= 0.6 is 0 Å². The fraction of sp³-hybridized carbons (Fsp3) is 0. The molecule has 2 amide bonds. The predicted molar refractivity (Wildman–Crippen MR) is 48.7 cm³/mol. The van der Waals surface area contributed by atoms with Gasteiger partial charge in [0, 0.05) is 11.4 Å². The zero-order valence-electron chi connectivity index (χ0n) is 6.78. The molecule has 5 heteroatoms. The standard InChI is InChI=1S/C8H9N3O2/c9-5-2-1-3-6(4-5)11-8(13)7(10)12/h1-4H,9H2,(H2,10,12)(H,11,13). The number of anilines is 2. The molecule has 0 bridgehead atoms. The van der Waals surface area contributed by atoms with Crippen molar-refractivity contribution >= 4 is 23.2 Å². The number of carbonyl (C=O) groups is 2. The monoisotopic (exact) mass is 179 g/mol. The fourth-order valence-corrected chi connectivity index (χ4v) is 0.809. The van der Waals surface area contributed by atoms with Gasteiger partial charge in [0.15, 0.2) is 0 Å². The Labute approximate surface area is 74.7 Å². The molecule has 0 saturated heterocycles. The fourth-order valence-electron chi connectivity index (χ4n) is 0.809. The van der Waals surface area contributed by atoms with Gasteiger partial charge in [-0.25, -0.2) is 0 Å². The van der Waals surface area contributed by atoms with E-state index in [-0.39, 0.29) is 0 Å². The van der Waals surface area contributed by atoms with Gasteiger partial charge in [-0.2, -0.15) is 0 Å². The summed E-state index contributed by atoms with van der Waals surface area (Å²) in [6.07, 6.45) is 0. The van der Waals surface area contributed by atoms with Crippen LogP contribution in [0.2, 0.25) is 0 Å². The van der Waals surface area contributed by atoms with E-state index in [1.807, 2.05) is 0 Å². The van der Waals surface area contributed by atoms with E-state index in [9.17, 15) is 9.59 Å². The van der Waals surface area contributed by atoms with Gasteiger partial charge >= 0.3 is 11.8 Å². The summed E-state index contributed by atoms with van der Waals surface area (Å²) >= 11 is 0. The largest absolute Gasteiger partial charge is 0.399 e. The molecule has 68 valence electrons. The summed E-state index contributed by atoms with van der Waals surface area (Å²) in [6.45, 7) is 0. The van der Waals surface area contributed by atoms with E-state index in [1.54, 1.807) is 18.2 Å². The summed E-state index contributed by atoms with van der Waals surface area (Å²) in [5.74, 6) is -1.88. The summed E-state index contributed by atoms with van der Waals surface area (Å²) in [5.41, 5.74) is 11.1. The van der Waals surface area contributed by atoms with Crippen molar-refractivity contribution in [2.45, 2.75) is 0 Å². The lowest BCUT2D eigenvalue weighted by Crippen LogP contribution is -2.29. The van der Waals surface area contributed by atoms with Crippen LogP contribution < -0.4 is 16.8 Å². The van der Waals surface area contributed by atoms with Crippen LogP contribution in [0.1, 0.15) is 0 Å². The summed E-state index contributed by atoms with van der Waals surface area (Å²) < 4.78 is 0. The summed E-state index contributed by atoms with van der Waals surface area (Å²) in [5, 5.41) is 2.29. The molecular formula is C8H9N3O2. The third-order valence-corrected chi connectivity index (χ3v) is 1.37. The molecule has 0 aliphatic rings. The van der Waals surface area contributed by atoms with Crippen LogP contribution in [-0.4, -0.2) is 11.8 Å². The first kappa shape index (κ1) is 9.05. The Morgan fingerprint density at radius 2 is 2.00 bits per heavy atom. The SMILES string of the molecule is NC(=O)C(=O)Nc1cccc(N)c1. The molecule has 1 rings (SSSR count). The van der Waals surface area contributed by atoms with E-state index in [1.165, 1.54) is 6.07 Å². The average Bonchev–Trinajstić information content (AvgIpc) is 2.04. The first-order valence-electron chi connectivity index (χ1n) is 3.56. The Morgan fingerprint density at radius 3 is 2.54 bits per heavy atom. The van der Waals surface area contributed by atoms with Gasteiger partial charge in [0.1, 0.15) is 0 Å². The van der Waals surface area contributed by atoms with E-state index in [0.717, 1.165) is 0 Å². The van der Waals surface area contributed by atoms with Crippen LogP contribution in [0.15, 0.2) is 24.3 Å². The maximum absolute atomic E-state index is 10.8. The Morgan fingerprint density at radius 1 is 1.31 bits per heavy atom. The molecule has 0 aliphatic heterocycles. The minimum Gasteiger partial charge on any atom is -0.399 e. The second kappa shape index (κ2) is 3.57. The van der Waals surface area contributed by atoms with Crippen LogP contribution in [0.3, 0.4) is 0 Å². The molecule has 0 saturated carbocycles. The first-order chi connectivity index (χ1) is 6.09. The Hall–Kier alpha value is -2.04. The molecule has 5 nitrogen and oxygen atoms in total. The molecule has 1 aromatic carbocycles. The molecule has 0 fully saturated rings. The van der Waals surface area contributed by atoms with E-state index in [0.29, 0.717) is 11.4 Å². The number of nitrogens with one attached hydrogen (secondary N) is 1. The first-order valence-corrected chi connectivity index (χ1v) is 3.56. The molecule has 0 radical (unpaired) electrons. The lowest BCUT2D eigenvalue weighted by Gasteiger charge is -2.02. The van der Waals surface area contributed by atoms with Crippen molar-refractivity contribution < 1.29 is 9.59 Å². The number of benzene rings is 1. The Balaban J connectivity index is 2.75. The second-order valence-electron chi connectivity index (χ2n) is 2.44. The maximum Gasteiger partial charge on any atom is 0.313 e. The summed E-state index contributed by atoms with van der Waals surface area (Å²) in [4.78, 5) is 21.2. The predicted octanol–water partition coefficient (Wildman–Crippen LogP) is -0.307. The minimum atomic E-state index is -1.03. The van der Waals surface area contributed by atoms with Crippen molar-refractivity contribution in [1.82, 2.24) is 0 Å². The van der Waals surface area contributed by atoms with Crippen molar-refractivity contribution in [3.05, 3.63) is 24.3 Å². The quantitative estimate of drug-likeness (QED) is 0.407. The van der Waals surface area contributed by atoms with Gasteiger partial charge in [0.2, 0.25) is 0 Å². The van der Waals surface area contributed by atoms with E-state index in [2.05, 4.69) is 5.32 Å². The lowest BCUT2D eigenvalue weighted by atomic mass is 10.3. The molecule has 0 unspecified atom stereocenters. The lowest BCUT2D eigenvalue weighted by molar-refractivity contribution is -0.134. The number of nitrogens with two attached hydrogens (primary N) is 2. The maximum atomic E-state index is 10.8. The number of primary amides is 1. The number of nitrogen functional groups attached to an aromatic ring is 1. The number of rotatable bonds is 1. The van der Waals surface area contributed by atoms with Gasteiger partial charge in [-0.1, -0.05) is 6.07 Å². The smallest absolute Gasteiger partial charge is 0.313 e.